The van der Waals surface area contributed by atoms with Crippen molar-refractivity contribution in [3.63, 3.8) is 0 Å². The van der Waals surface area contributed by atoms with Crippen molar-refractivity contribution in [2.75, 3.05) is 7.05 Å². The average molecular weight is 716 g/mol. The molecule has 0 radical (unpaired) electrons. The van der Waals surface area contributed by atoms with Crippen LogP contribution in [0.4, 0.5) is 0 Å². The molecule has 51 heavy (non-hydrogen) atoms. The molecule has 0 saturated carbocycles. The predicted octanol–water partition coefficient (Wildman–Crippen LogP) is 9.39. The van der Waals surface area contributed by atoms with Gasteiger partial charge in [0.1, 0.15) is 11.9 Å². The molecule has 0 spiro atoms. The first-order chi connectivity index (χ1) is 23.4. The molecule has 1 aromatic rings. The van der Waals surface area contributed by atoms with Gasteiger partial charge in [-0.3, -0.25) is 24.1 Å². The first-order valence-electron chi connectivity index (χ1n) is 19.2. The minimum Gasteiger partial charge on any atom is -0.480 e. The van der Waals surface area contributed by atoms with Gasteiger partial charge >= 0.3 is 23.9 Å². The van der Waals surface area contributed by atoms with E-state index in [1.54, 1.807) is 0 Å². The van der Waals surface area contributed by atoms with Gasteiger partial charge < -0.3 is 19.7 Å². The van der Waals surface area contributed by atoms with Gasteiger partial charge in [0.05, 0.1) is 0 Å². The second kappa shape index (κ2) is 17.7. The van der Waals surface area contributed by atoms with Gasteiger partial charge in [-0.2, -0.15) is 0 Å². The number of piperidine rings is 1. The van der Waals surface area contributed by atoms with Crippen LogP contribution in [-0.2, 0) is 41.2 Å². The summed E-state index contributed by atoms with van der Waals surface area (Å²) in [5.74, 6) is -2.64. The summed E-state index contributed by atoms with van der Waals surface area (Å²) in [7, 11) is 2.14. The van der Waals surface area contributed by atoms with Crippen molar-refractivity contribution in [2.45, 2.75) is 194 Å². The fourth-order valence-electron chi connectivity index (χ4n) is 7.41. The number of esters is 2. The molecule has 1 heterocycles. The molecule has 2 N–H and O–H groups in total. The zero-order valence-corrected chi connectivity index (χ0v) is 33.9. The standard InChI is InChI=1S/C42H69NO8/c1-13-14-23-42(36(46)47,37(48)49)26-29-24-31(38(2,3)4)35(32(25-29)39(5,6)7)51-34(45)22-20-18-16-15-17-19-21-33(44)50-30-27-40(8,9)43(12)41(10,11)28-30/h24-25,30H,13-23,26-28H2,1-12H3,(H,46,47)(H,48,49). The number of aliphatic carboxylic acids is 2. The first-order valence-corrected chi connectivity index (χ1v) is 19.2. The molecule has 0 unspecified atom stereocenters. The molecule has 1 saturated heterocycles. The number of hydrogen-bond donors (Lipinski definition) is 2. The minimum absolute atomic E-state index is 0.0259. The Balaban J connectivity index is 1.99. The van der Waals surface area contributed by atoms with Crippen LogP contribution in [0, 0.1) is 5.41 Å². The molecule has 0 atom stereocenters. The quantitative estimate of drug-likeness (QED) is 0.0661. The number of benzene rings is 1. The first kappa shape index (κ1) is 44.2. The van der Waals surface area contributed by atoms with Gasteiger partial charge in [-0.1, -0.05) is 99.1 Å². The van der Waals surface area contributed by atoms with E-state index >= 15 is 0 Å². The molecule has 9 heteroatoms. The van der Waals surface area contributed by atoms with Crippen LogP contribution in [0.3, 0.4) is 0 Å². The molecular weight excluding hydrogens is 646 g/mol. The molecule has 1 aromatic carbocycles. The number of carboxylic acids is 2. The van der Waals surface area contributed by atoms with Crippen LogP contribution in [0.2, 0.25) is 0 Å². The minimum atomic E-state index is -1.94. The summed E-state index contributed by atoms with van der Waals surface area (Å²) in [4.78, 5) is 53.0. The van der Waals surface area contributed by atoms with Gasteiger partial charge in [0.15, 0.2) is 5.41 Å². The van der Waals surface area contributed by atoms with Crippen molar-refractivity contribution in [3.8, 4) is 5.75 Å². The highest BCUT2D eigenvalue weighted by atomic mass is 16.5. The Labute approximate surface area is 308 Å². The summed E-state index contributed by atoms with van der Waals surface area (Å²) >= 11 is 0. The number of rotatable bonds is 18. The Kier molecular flexibility index (Phi) is 15.4. The SMILES string of the molecule is CCCCC(Cc1cc(C(C)(C)C)c(OC(=O)CCCCCCCCC(=O)OC2CC(C)(C)N(C)C(C)(C)C2)c(C(C)(C)C)c1)(C(=O)O)C(=O)O. The summed E-state index contributed by atoms with van der Waals surface area (Å²) in [6.07, 6.45) is 8.58. The molecule has 0 amide bonds. The van der Waals surface area contributed by atoms with Crippen molar-refractivity contribution < 1.29 is 38.9 Å². The second-order valence-corrected chi connectivity index (χ2v) is 18.3. The fraction of sp³-hybridized carbons (Fsp3) is 0.762. The van der Waals surface area contributed by atoms with Crippen LogP contribution >= 0.6 is 0 Å². The molecule has 0 aromatic heterocycles. The Morgan fingerprint density at radius 2 is 1.18 bits per heavy atom. The van der Waals surface area contributed by atoms with Gasteiger partial charge in [0.2, 0.25) is 0 Å². The van der Waals surface area contributed by atoms with E-state index in [0.717, 1.165) is 56.1 Å². The Hall–Kier alpha value is -2.94. The summed E-state index contributed by atoms with van der Waals surface area (Å²) in [5.41, 5.74) is -0.810. The van der Waals surface area contributed by atoms with Crippen molar-refractivity contribution >= 4 is 23.9 Å². The van der Waals surface area contributed by atoms with Crippen molar-refractivity contribution in [3.05, 3.63) is 28.8 Å². The van der Waals surface area contributed by atoms with Gasteiger partial charge in [-0.15, -0.1) is 0 Å². The lowest BCUT2D eigenvalue weighted by atomic mass is 9.73. The van der Waals surface area contributed by atoms with Crippen molar-refractivity contribution in [1.82, 2.24) is 4.90 Å². The zero-order chi connectivity index (χ0) is 39.0. The normalized spacial score (nSPS) is 16.9. The van der Waals surface area contributed by atoms with Crippen LogP contribution in [0.1, 0.15) is 176 Å². The molecule has 9 nitrogen and oxygen atoms in total. The van der Waals surface area contributed by atoms with E-state index in [1.807, 2.05) is 60.6 Å². The summed E-state index contributed by atoms with van der Waals surface area (Å²) in [6.45, 7) is 22.7. The number of ether oxygens (including phenoxy) is 2. The van der Waals surface area contributed by atoms with E-state index in [0.29, 0.717) is 37.0 Å². The zero-order valence-electron chi connectivity index (χ0n) is 33.9. The molecule has 1 aliphatic heterocycles. The van der Waals surface area contributed by atoms with E-state index in [9.17, 15) is 29.4 Å². The fourth-order valence-corrected chi connectivity index (χ4v) is 7.41. The number of carbonyl (C=O) groups is 4. The number of carboxylic acid groups (broad SMARTS) is 2. The van der Waals surface area contributed by atoms with E-state index in [4.69, 9.17) is 9.47 Å². The van der Waals surface area contributed by atoms with Crippen LogP contribution in [0.5, 0.6) is 5.75 Å². The number of nitrogens with zero attached hydrogens (tertiary/aromatic N) is 1. The maximum absolute atomic E-state index is 13.2. The monoisotopic (exact) mass is 716 g/mol. The largest absolute Gasteiger partial charge is 0.480 e. The van der Waals surface area contributed by atoms with Crippen LogP contribution in [0.25, 0.3) is 0 Å². The van der Waals surface area contributed by atoms with Crippen LogP contribution < -0.4 is 4.74 Å². The molecule has 0 bridgehead atoms. The smallest absolute Gasteiger partial charge is 0.321 e. The molecule has 1 fully saturated rings. The lowest BCUT2D eigenvalue weighted by Gasteiger charge is -2.53. The Morgan fingerprint density at radius 3 is 1.59 bits per heavy atom. The average Bonchev–Trinajstić information content (AvgIpc) is 2.98. The third kappa shape index (κ3) is 12.3. The third-order valence-corrected chi connectivity index (χ3v) is 10.8. The van der Waals surface area contributed by atoms with E-state index in [1.165, 1.54) is 0 Å². The summed E-state index contributed by atoms with van der Waals surface area (Å²) in [6, 6.07) is 3.66. The number of carbonyl (C=O) groups excluding carboxylic acids is 2. The number of hydrogen-bond acceptors (Lipinski definition) is 7. The third-order valence-electron chi connectivity index (χ3n) is 10.8. The maximum Gasteiger partial charge on any atom is 0.321 e. The van der Waals surface area contributed by atoms with Crippen molar-refractivity contribution in [2.24, 2.45) is 5.41 Å². The van der Waals surface area contributed by atoms with Crippen LogP contribution in [0.15, 0.2) is 12.1 Å². The van der Waals surface area contributed by atoms with Gasteiger partial charge in [0, 0.05) is 47.9 Å². The highest BCUT2D eigenvalue weighted by Crippen LogP contribution is 2.43. The number of likely N-dealkylation sites (tertiary alicyclic amines) is 1. The highest BCUT2D eigenvalue weighted by Gasteiger charge is 2.47. The van der Waals surface area contributed by atoms with Crippen LogP contribution in [-0.4, -0.2) is 63.2 Å². The molecule has 0 aliphatic carbocycles. The number of unbranched alkanes of at least 4 members (excludes halogenated alkanes) is 6. The molecule has 1 aliphatic rings. The molecule has 2 rings (SSSR count). The Morgan fingerprint density at radius 1 is 0.745 bits per heavy atom. The Bertz CT molecular complexity index is 1300. The summed E-state index contributed by atoms with van der Waals surface area (Å²) < 4.78 is 12.0. The summed E-state index contributed by atoms with van der Waals surface area (Å²) in [5, 5.41) is 20.2. The van der Waals surface area contributed by atoms with E-state index in [2.05, 4.69) is 39.6 Å². The lowest BCUT2D eigenvalue weighted by molar-refractivity contribution is -0.165. The molecule has 290 valence electrons. The van der Waals surface area contributed by atoms with Gasteiger partial charge in [-0.05, 0) is 76.8 Å². The highest BCUT2D eigenvalue weighted by molar-refractivity contribution is 5.98. The predicted molar refractivity (Wildman–Crippen MR) is 202 cm³/mol. The van der Waals surface area contributed by atoms with Gasteiger partial charge in [-0.25, -0.2) is 0 Å². The lowest BCUT2D eigenvalue weighted by Crippen LogP contribution is -2.60. The molecular formula is C42H69NO8. The van der Waals surface area contributed by atoms with Gasteiger partial charge in [0.25, 0.3) is 0 Å². The van der Waals surface area contributed by atoms with Crippen molar-refractivity contribution in [1.29, 1.82) is 0 Å². The maximum atomic E-state index is 13.2. The topological polar surface area (TPSA) is 130 Å². The van der Waals surface area contributed by atoms with E-state index in [-0.39, 0.29) is 48.4 Å². The van der Waals surface area contributed by atoms with E-state index < -0.39 is 28.2 Å². The second-order valence-electron chi connectivity index (χ2n) is 18.3.